The average Bonchev–Trinajstić information content (AvgIpc) is 2.99. The van der Waals surface area contributed by atoms with E-state index < -0.39 is 5.54 Å². The van der Waals surface area contributed by atoms with Crippen LogP contribution in [0.5, 0.6) is 0 Å². The minimum absolute atomic E-state index is 0.0333. The summed E-state index contributed by atoms with van der Waals surface area (Å²) in [7, 11) is 0. The summed E-state index contributed by atoms with van der Waals surface area (Å²) in [5, 5.41) is 9.22. The van der Waals surface area contributed by atoms with E-state index in [0.717, 1.165) is 25.0 Å². The summed E-state index contributed by atoms with van der Waals surface area (Å²) in [5.41, 5.74) is 5.72. The van der Waals surface area contributed by atoms with Crippen molar-refractivity contribution in [3.8, 4) is 6.07 Å². The molecule has 0 aromatic carbocycles. The number of rotatable bonds is 1. The Bertz CT molecular complexity index is 388. The van der Waals surface area contributed by atoms with Crippen LogP contribution in [0.25, 0.3) is 0 Å². The molecule has 5 heteroatoms. The Morgan fingerprint density at radius 2 is 2.18 bits per heavy atom. The van der Waals surface area contributed by atoms with Crippen LogP contribution in [0.1, 0.15) is 32.1 Å². The van der Waals surface area contributed by atoms with Crippen molar-refractivity contribution in [3.05, 3.63) is 0 Å². The van der Waals surface area contributed by atoms with Crippen LogP contribution in [0, 0.1) is 17.2 Å². The highest BCUT2D eigenvalue weighted by Gasteiger charge is 2.57. The second-order valence-corrected chi connectivity index (χ2v) is 6.58. The van der Waals surface area contributed by atoms with Crippen molar-refractivity contribution < 1.29 is 4.79 Å². The number of hydrogen-bond acceptors (Lipinski definition) is 4. The highest BCUT2D eigenvalue weighted by atomic mass is 32.2. The third-order valence-electron chi connectivity index (χ3n) is 4.47. The summed E-state index contributed by atoms with van der Waals surface area (Å²) in [6.45, 7) is 0. The second-order valence-electron chi connectivity index (χ2n) is 5.37. The Kier molecular flexibility index (Phi) is 2.60. The van der Waals surface area contributed by atoms with Crippen molar-refractivity contribution in [3.63, 3.8) is 0 Å². The Balaban J connectivity index is 1.86. The number of carbonyl (C=O) groups excluding carboxylic acids is 1. The molecule has 92 valence electrons. The van der Waals surface area contributed by atoms with Gasteiger partial charge in [0, 0.05) is 12.2 Å². The number of amides is 1. The van der Waals surface area contributed by atoms with E-state index >= 15 is 0 Å². The lowest BCUT2D eigenvalue weighted by Crippen LogP contribution is -2.54. The Hall–Kier alpha value is -0.730. The number of fused-ring (bicyclic) bond motifs is 1. The van der Waals surface area contributed by atoms with Crippen molar-refractivity contribution in [2.45, 2.75) is 49.1 Å². The molecule has 1 amide bonds. The van der Waals surface area contributed by atoms with Crippen LogP contribution in [0.3, 0.4) is 0 Å². The van der Waals surface area contributed by atoms with Crippen molar-refractivity contribution in [1.29, 1.82) is 5.26 Å². The van der Waals surface area contributed by atoms with Gasteiger partial charge < -0.3 is 10.6 Å². The first-order valence-corrected chi connectivity index (χ1v) is 7.34. The maximum absolute atomic E-state index is 12.5. The molecule has 4 nitrogen and oxygen atoms in total. The maximum Gasteiger partial charge on any atom is 0.245 e. The van der Waals surface area contributed by atoms with Crippen LogP contribution in [0.2, 0.25) is 0 Å². The van der Waals surface area contributed by atoms with Gasteiger partial charge in [0.2, 0.25) is 5.91 Å². The largest absolute Gasteiger partial charge is 0.317 e. The number of nitrogens with two attached hydrogens (primary N) is 1. The highest BCUT2D eigenvalue weighted by Crippen LogP contribution is 2.47. The van der Waals surface area contributed by atoms with Gasteiger partial charge in [-0.3, -0.25) is 4.79 Å². The lowest BCUT2D eigenvalue weighted by molar-refractivity contribution is -0.134. The molecule has 0 bridgehead atoms. The zero-order valence-electron chi connectivity index (χ0n) is 9.76. The number of nitriles is 1. The molecule has 2 aliphatic heterocycles. The van der Waals surface area contributed by atoms with Gasteiger partial charge in [0.1, 0.15) is 11.6 Å². The fraction of sp³-hybridized carbons (Fsp3) is 0.833. The second kappa shape index (κ2) is 3.89. The fourth-order valence-electron chi connectivity index (χ4n) is 3.49. The van der Waals surface area contributed by atoms with Gasteiger partial charge in [0.25, 0.3) is 0 Å². The Morgan fingerprint density at radius 1 is 1.47 bits per heavy atom. The van der Waals surface area contributed by atoms with E-state index in [4.69, 9.17) is 11.0 Å². The van der Waals surface area contributed by atoms with Gasteiger partial charge in [0.05, 0.1) is 11.4 Å². The smallest absolute Gasteiger partial charge is 0.245 e. The van der Waals surface area contributed by atoms with Gasteiger partial charge >= 0.3 is 0 Å². The molecule has 2 N–H and O–H groups in total. The Labute approximate surface area is 106 Å². The first-order chi connectivity index (χ1) is 8.16. The number of carbonyl (C=O) groups is 1. The molecule has 0 spiro atoms. The summed E-state index contributed by atoms with van der Waals surface area (Å²) >= 11 is 1.71. The topological polar surface area (TPSA) is 70.1 Å². The quantitative estimate of drug-likeness (QED) is 0.757. The molecule has 3 fully saturated rings. The first kappa shape index (κ1) is 11.4. The molecule has 2 saturated heterocycles. The van der Waals surface area contributed by atoms with Crippen molar-refractivity contribution in [2.24, 2.45) is 11.7 Å². The molecule has 3 aliphatic rings. The van der Waals surface area contributed by atoms with Gasteiger partial charge in [-0.1, -0.05) is 12.8 Å². The van der Waals surface area contributed by atoms with Gasteiger partial charge in [-0.05, 0) is 18.8 Å². The average molecular weight is 251 g/mol. The molecule has 3 atom stereocenters. The van der Waals surface area contributed by atoms with Crippen molar-refractivity contribution in [1.82, 2.24) is 4.90 Å². The first-order valence-electron chi connectivity index (χ1n) is 6.29. The van der Waals surface area contributed by atoms with E-state index in [9.17, 15) is 4.79 Å². The summed E-state index contributed by atoms with van der Waals surface area (Å²) in [4.78, 5) is 14.3. The highest BCUT2D eigenvalue weighted by molar-refractivity contribution is 8.00. The molecule has 0 aromatic heterocycles. The van der Waals surface area contributed by atoms with Gasteiger partial charge in [-0.2, -0.15) is 5.26 Å². The van der Waals surface area contributed by atoms with E-state index in [-0.39, 0.29) is 17.3 Å². The van der Waals surface area contributed by atoms with Crippen LogP contribution in [0.4, 0.5) is 0 Å². The predicted octanol–water partition coefficient (Wildman–Crippen LogP) is 1.07. The Morgan fingerprint density at radius 3 is 2.82 bits per heavy atom. The predicted molar refractivity (Wildman–Crippen MR) is 66.0 cm³/mol. The van der Waals surface area contributed by atoms with E-state index in [2.05, 4.69) is 6.07 Å². The van der Waals surface area contributed by atoms with Crippen LogP contribution in [-0.2, 0) is 4.79 Å². The molecular formula is C12H17N3OS. The third-order valence-corrected chi connectivity index (χ3v) is 5.76. The fourth-order valence-corrected chi connectivity index (χ4v) is 4.93. The van der Waals surface area contributed by atoms with Crippen molar-refractivity contribution in [2.75, 3.05) is 5.75 Å². The SMILES string of the molecule is N#C[C@@H]1CS[C@H]2C[C@](N)(C3CCCC3)C(=O)N12. The lowest BCUT2D eigenvalue weighted by Gasteiger charge is -2.30. The number of nitrogens with zero attached hydrogens (tertiary/aromatic N) is 2. The number of thioether (sulfide) groups is 1. The van der Waals surface area contributed by atoms with E-state index in [1.165, 1.54) is 12.8 Å². The summed E-state index contributed by atoms with van der Waals surface area (Å²) < 4.78 is 0. The lowest BCUT2D eigenvalue weighted by atomic mass is 9.82. The molecule has 0 radical (unpaired) electrons. The van der Waals surface area contributed by atoms with Crippen molar-refractivity contribution >= 4 is 17.7 Å². The third kappa shape index (κ3) is 1.50. The molecule has 0 aromatic rings. The zero-order chi connectivity index (χ0) is 12.0. The van der Waals surface area contributed by atoms with Crippen LogP contribution < -0.4 is 5.73 Å². The van der Waals surface area contributed by atoms with Crippen LogP contribution in [-0.4, -0.2) is 33.5 Å². The molecule has 1 saturated carbocycles. The summed E-state index contributed by atoms with van der Waals surface area (Å²) in [6.07, 6.45) is 5.27. The van der Waals surface area contributed by atoms with Crippen LogP contribution >= 0.6 is 11.8 Å². The molecule has 3 rings (SSSR count). The normalized spacial score (nSPS) is 41.9. The molecule has 0 unspecified atom stereocenters. The van der Waals surface area contributed by atoms with E-state index in [1.54, 1.807) is 16.7 Å². The zero-order valence-corrected chi connectivity index (χ0v) is 10.6. The monoisotopic (exact) mass is 251 g/mol. The van der Waals surface area contributed by atoms with E-state index in [1.807, 2.05) is 0 Å². The van der Waals surface area contributed by atoms with Crippen LogP contribution in [0.15, 0.2) is 0 Å². The number of hydrogen-bond donors (Lipinski definition) is 1. The summed E-state index contributed by atoms with van der Waals surface area (Å²) in [6, 6.07) is 1.96. The molecule has 2 heterocycles. The molecule has 1 aliphatic carbocycles. The molecular weight excluding hydrogens is 234 g/mol. The molecule has 17 heavy (non-hydrogen) atoms. The van der Waals surface area contributed by atoms with E-state index in [0.29, 0.717) is 5.92 Å². The summed E-state index contributed by atoms with van der Waals surface area (Å²) in [5.74, 6) is 1.11. The minimum atomic E-state index is -0.677. The van der Waals surface area contributed by atoms with Gasteiger partial charge in [0.15, 0.2) is 0 Å². The standard InChI is InChI=1S/C12H17N3OS/c13-6-9-7-17-10-5-12(14,11(16)15(9)10)8-3-1-2-4-8/h8-10H,1-5,7,14H2/t9-,10+,12+/m1/s1. The maximum atomic E-state index is 12.5. The van der Waals surface area contributed by atoms with Gasteiger partial charge in [-0.25, -0.2) is 0 Å². The van der Waals surface area contributed by atoms with Gasteiger partial charge in [-0.15, -0.1) is 11.8 Å². The minimum Gasteiger partial charge on any atom is -0.317 e.